The first-order chi connectivity index (χ1) is 11.6. The molecule has 6 heteroatoms. The van der Waals surface area contributed by atoms with Gasteiger partial charge < -0.3 is 11.1 Å². The fraction of sp³-hybridized carbons (Fsp3) is 0.111. The molecule has 0 saturated carbocycles. The van der Waals surface area contributed by atoms with E-state index < -0.39 is 0 Å². The van der Waals surface area contributed by atoms with E-state index in [2.05, 4.69) is 15.3 Å². The molecule has 0 spiro atoms. The molecular weight excluding hydrogens is 323 g/mol. The number of aromatic nitrogens is 2. The zero-order valence-corrected chi connectivity index (χ0v) is 14.0. The SMILES string of the molecule is Cc1ccc(Sc2ncnc(NCc3ccc(F)cc3)c2N)cc1. The van der Waals surface area contributed by atoms with Gasteiger partial charge in [-0.1, -0.05) is 41.6 Å². The second-order valence-corrected chi connectivity index (χ2v) is 6.40. The largest absolute Gasteiger partial charge is 0.394 e. The molecule has 122 valence electrons. The Morgan fingerprint density at radius 2 is 1.75 bits per heavy atom. The molecule has 1 aromatic heterocycles. The van der Waals surface area contributed by atoms with Crippen molar-refractivity contribution in [3.05, 3.63) is 71.8 Å². The van der Waals surface area contributed by atoms with Gasteiger partial charge in [0, 0.05) is 11.4 Å². The lowest BCUT2D eigenvalue weighted by Gasteiger charge is -2.11. The van der Waals surface area contributed by atoms with Crippen molar-refractivity contribution in [1.82, 2.24) is 9.97 Å². The summed E-state index contributed by atoms with van der Waals surface area (Å²) in [7, 11) is 0. The van der Waals surface area contributed by atoms with E-state index in [1.54, 1.807) is 12.1 Å². The molecule has 0 amide bonds. The Hall–Kier alpha value is -2.60. The minimum absolute atomic E-state index is 0.253. The van der Waals surface area contributed by atoms with Gasteiger partial charge in [-0.3, -0.25) is 0 Å². The molecule has 0 aliphatic rings. The fourth-order valence-corrected chi connectivity index (χ4v) is 2.91. The Morgan fingerprint density at radius 3 is 2.46 bits per heavy atom. The minimum Gasteiger partial charge on any atom is -0.394 e. The standard InChI is InChI=1S/C18H17FN4S/c1-12-2-8-15(9-3-12)24-18-16(20)17(22-11-23-18)21-10-13-4-6-14(19)7-5-13/h2-9,11H,10,20H2,1H3,(H,21,22,23). The molecule has 3 N–H and O–H groups in total. The van der Waals surface area contributed by atoms with Gasteiger partial charge in [0.05, 0.1) is 0 Å². The topological polar surface area (TPSA) is 63.8 Å². The van der Waals surface area contributed by atoms with E-state index in [1.165, 1.54) is 35.8 Å². The van der Waals surface area contributed by atoms with Crippen LogP contribution in [0.1, 0.15) is 11.1 Å². The summed E-state index contributed by atoms with van der Waals surface area (Å²) >= 11 is 1.50. The van der Waals surface area contributed by atoms with Crippen LogP contribution in [0.3, 0.4) is 0 Å². The van der Waals surface area contributed by atoms with Gasteiger partial charge in [0.2, 0.25) is 0 Å². The zero-order valence-electron chi connectivity index (χ0n) is 13.2. The number of hydrogen-bond donors (Lipinski definition) is 2. The maximum atomic E-state index is 12.9. The van der Waals surface area contributed by atoms with Crippen molar-refractivity contribution in [2.45, 2.75) is 23.4 Å². The summed E-state index contributed by atoms with van der Waals surface area (Å²) in [6.07, 6.45) is 1.49. The summed E-state index contributed by atoms with van der Waals surface area (Å²) < 4.78 is 12.9. The van der Waals surface area contributed by atoms with Gasteiger partial charge in [-0.15, -0.1) is 0 Å². The van der Waals surface area contributed by atoms with Crippen molar-refractivity contribution in [2.24, 2.45) is 0 Å². The number of benzene rings is 2. The number of rotatable bonds is 5. The summed E-state index contributed by atoms with van der Waals surface area (Å²) in [4.78, 5) is 9.52. The Bertz CT molecular complexity index is 819. The molecule has 3 rings (SSSR count). The van der Waals surface area contributed by atoms with Gasteiger partial charge in [0.1, 0.15) is 22.9 Å². The number of anilines is 2. The number of hydrogen-bond acceptors (Lipinski definition) is 5. The van der Waals surface area contributed by atoms with Crippen molar-refractivity contribution < 1.29 is 4.39 Å². The van der Waals surface area contributed by atoms with Gasteiger partial charge in [-0.2, -0.15) is 0 Å². The summed E-state index contributed by atoms with van der Waals surface area (Å²) in [6, 6.07) is 14.5. The maximum absolute atomic E-state index is 12.9. The molecule has 0 aliphatic carbocycles. The van der Waals surface area contributed by atoms with Crippen LogP contribution in [0.5, 0.6) is 0 Å². The van der Waals surface area contributed by atoms with Crippen LogP contribution in [0.25, 0.3) is 0 Å². The third kappa shape index (κ3) is 4.02. The lowest BCUT2D eigenvalue weighted by atomic mass is 10.2. The quantitative estimate of drug-likeness (QED) is 0.679. The van der Waals surface area contributed by atoms with E-state index in [-0.39, 0.29) is 5.82 Å². The van der Waals surface area contributed by atoms with Gasteiger partial charge in [0.15, 0.2) is 5.82 Å². The molecule has 0 unspecified atom stereocenters. The van der Waals surface area contributed by atoms with Gasteiger partial charge >= 0.3 is 0 Å². The minimum atomic E-state index is -0.253. The monoisotopic (exact) mass is 340 g/mol. The highest BCUT2D eigenvalue weighted by atomic mass is 32.2. The van der Waals surface area contributed by atoms with Crippen LogP contribution in [-0.4, -0.2) is 9.97 Å². The summed E-state index contributed by atoms with van der Waals surface area (Å²) in [6.45, 7) is 2.56. The predicted molar refractivity (Wildman–Crippen MR) is 95.5 cm³/mol. The highest BCUT2D eigenvalue weighted by Gasteiger charge is 2.09. The predicted octanol–water partition coefficient (Wildman–Crippen LogP) is 4.27. The molecule has 24 heavy (non-hydrogen) atoms. The van der Waals surface area contributed by atoms with E-state index in [0.717, 1.165) is 10.5 Å². The third-order valence-electron chi connectivity index (χ3n) is 3.46. The van der Waals surface area contributed by atoms with E-state index in [0.29, 0.717) is 23.1 Å². The summed E-state index contributed by atoms with van der Waals surface area (Å²) in [5, 5.41) is 3.88. The normalized spacial score (nSPS) is 10.6. The van der Waals surface area contributed by atoms with Crippen molar-refractivity contribution in [2.75, 3.05) is 11.1 Å². The lowest BCUT2D eigenvalue weighted by Crippen LogP contribution is -2.06. The summed E-state index contributed by atoms with van der Waals surface area (Å²) in [5.74, 6) is 0.320. The third-order valence-corrected chi connectivity index (χ3v) is 4.48. The maximum Gasteiger partial charge on any atom is 0.154 e. The zero-order chi connectivity index (χ0) is 16.9. The number of nitrogens with two attached hydrogens (primary N) is 1. The van der Waals surface area contributed by atoms with E-state index in [1.807, 2.05) is 31.2 Å². The van der Waals surface area contributed by atoms with Crippen LogP contribution in [0, 0.1) is 12.7 Å². The second-order valence-electron chi connectivity index (χ2n) is 5.34. The second kappa shape index (κ2) is 7.31. The van der Waals surface area contributed by atoms with Gasteiger partial charge in [-0.25, -0.2) is 14.4 Å². The van der Waals surface area contributed by atoms with Crippen LogP contribution in [0.15, 0.2) is 64.8 Å². The fourth-order valence-electron chi connectivity index (χ4n) is 2.11. The summed E-state index contributed by atoms with van der Waals surface area (Å²) in [5.41, 5.74) is 8.84. The number of aryl methyl sites for hydroxylation is 1. The van der Waals surface area contributed by atoms with Gasteiger partial charge in [-0.05, 0) is 36.8 Å². The number of halogens is 1. The average molecular weight is 340 g/mol. The van der Waals surface area contributed by atoms with E-state index >= 15 is 0 Å². The van der Waals surface area contributed by atoms with Crippen LogP contribution >= 0.6 is 11.8 Å². The first-order valence-corrected chi connectivity index (χ1v) is 8.27. The molecule has 0 atom stereocenters. The van der Waals surface area contributed by atoms with Crippen LogP contribution in [0.2, 0.25) is 0 Å². The Balaban J connectivity index is 1.72. The highest BCUT2D eigenvalue weighted by Crippen LogP contribution is 2.33. The molecule has 0 bridgehead atoms. The van der Waals surface area contributed by atoms with Crippen molar-refractivity contribution in [3.63, 3.8) is 0 Å². The number of nitrogens with zero attached hydrogens (tertiary/aromatic N) is 2. The van der Waals surface area contributed by atoms with E-state index in [4.69, 9.17) is 5.73 Å². The average Bonchev–Trinajstić information content (AvgIpc) is 2.59. The molecule has 0 aliphatic heterocycles. The van der Waals surface area contributed by atoms with Crippen LogP contribution < -0.4 is 11.1 Å². The van der Waals surface area contributed by atoms with Crippen LogP contribution in [0.4, 0.5) is 15.9 Å². The van der Waals surface area contributed by atoms with Gasteiger partial charge in [0.25, 0.3) is 0 Å². The Morgan fingerprint density at radius 1 is 1.04 bits per heavy atom. The molecule has 0 radical (unpaired) electrons. The first-order valence-electron chi connectivity index (χ1n) is 7.45. The molecule has 0 fully saturated rings. The number of nitrogen functional groups attached to an aromatic ring is 1. The van der Waals surface area contributed by atoms with Crippen molar-refractivity contribution in [3.8, 4) is 0 Å². The lowest BCUT2D eigenvalue weighted by molar-refractivity contribution is 0.627. The van der Waals surface area contributed by atoms with Crippen LogP contribution in [-0.2, 0) is 6.54 Å². The highest BCUT2D eigenvalue weighted by molar-refractivity contribution is 7.99. The van der Waals surface area contributed by atoms with Crippen molar-refractivity contribution >= 4 is 23.3 Å². The van der Waals surface area contributed by atoms with Crippen molar-refractivity contribution in [1.29, 1.82) is 0 Å². The molecule has 0 saturated heterocycles. The molecular formula is C18H17FN4S. The molecule has 2 aromatic carbocycles. The molecule has 3 aromatic rings. The smallest absolute Gasteiger partial charge is 0.154 e. The first kappa shape index (κ1) is 16.3. The Labute approximate surface area is 144 Å². The molecule has 1 heterocycles. The Kier molecular flexibility index (Phi) is 4.96. The number of nitrogens with one attached hydrogen (secondary N) is 1. The molecule has 4 nitrogen and oxygen atoms in total. The van der Waals surface area contributed by atoms with E-state index in [9.17, 15) is 4.39 Å².